The number of benzene rings is 8. The zero-order chi connectivity index (χ0) is 35.3. The van der Waals surface area contributed by atoms with Crippen molar-refractivity contribution in [1.82, 2.24) is 0 Å². The van der Waals surface area contributed by atoms with Gasteiger partial charge in [-0.1, -0.05) is 127 Å². The maximum Gasteiger partial charge on any atom is 0.161 e. The standard InChI is InChI=1S/C48H31N3O2/c1-49-48(51-47(50-29-30-12-3-2-4-13-30)33-24-25-35-32(28-33)23-22-31-14-5-6-15-34(31)35)40-27-26-37(46-45(40)39-17-8-10-20-42(39)53-46)36-18-11-21-43-44(36)38-16-7-9-19-41(38)52-43/h2-28H,1,29H2/b50-47-,51-48-. The van der Waals surface area contributed by atoms with Crippen LogP contribution in [0.3, 0.4) is 0 Å². The van der Waals surface area contributed by atoms with Gasteiger partial charge < -0.3 is 8.83 Å². The molecular formula is C48H31N3O2. The van der Waals surface area contributed by atoms with Gasteiger partial charge in [0, 0.05) is 38.2 Å². The molecule has 10 rings (SSSR count). The zero-order valence-corrected chi connectivity index (χ0v) is 28.7. The SMILES string of the molecule is C=N/C(=N\C(=N/Cc1ccccc1)c1ccc2c(ccc3ccccc32)c1)c1ccc(-c2cccc3oc4ccccc4c23)c2oc3ccccc3c12. The summed E-state index contributed by atoms with van der Waals surface area (Å²) in [5, 5.41) is 8.72. The van der Waals surface area contributed by atoms with E-state index in [1.165, 1.54) is 16.2 Å². The number of hydrogen-bond acceptors (Lipinski definition) is 3. The third kappa shape index (κ3) is 5.21. The highest BCUT2D eigenvalue weighted by Crippen LogP contribution is 2.43. The van der Waals surface area contributed by atoms with Gasteiger partial charge in [0.2, 0.25) is 0 Å². The van der Waals surface area contributed by atoms with Crippen LogP contribution < -0.4 is 0 Å². The molecule has 0 radical (unpaired) electrons. The number of para-hydroxylation sites is 2. The Labute approximate surface area is 304 Å². The van der Waals surface area contributed by atoms with E-state index in [9.17, 15) is 0 Å². The van der Waals surface area contributed by atoms with Gasteiger partial charge in [0.1, 0.15) is 22.3 Å². The van der Waals surface area contributed by atoms with Gasteiger partial charge in [-0.3, -0.25) is 4.99 Å². The number of amidine groups is 2. The maximum absolute atomic E-state index is 6.71. The second-order valence-corrected chi connectivity index (χ2v) is 13.2. The summed E-state index contributed by atoms with van der Waals surface area (Å²) >= 11 is 0. The molecule has 0 aliphatic carbocycles. The Morgan fingerprint density at radius 2 is 1.17 bits per heavy atom. The molecule has 0 aliphatic rings. The number of fused-ring (bicyclic) bond motifs is 9. The summed E-state index contributed by atoms with van der Waals surface area (Å²) in [5.41, 5.74) is 7.99. The van der Waals surface area contributed by atoms with Gasteiger partial charge in [-0.2, -0.15) is 0 Å². The minimum absolute atomic E-state index is 0.463. The highest BCUT2D eigenvalue weighted by atomic mass is 16.3. The van der Waals surface area contributed by atoms with E-state index in [2.05, 4.69) is 109 Å². The second kappa shape index (κ2) is 12.6. The van der Waals surface area contributed by atoms with Gasteiger partial charge >= 0.3 is 0 Å². The summed E-state index contributed by atoms with van der Waals surface area (Å²) in [5.74, 6) is 1.04. The fourth-order valence-electron chi connectivity index (χ4n) is 7.60. The Balaban J connectivity index is 1.18. The Hall–Kier alpha value is -7.11. The molecule has 5 heteroatoms. The summed E-state index contributed by atoms with van der Waals surface area (Å²) in [6.45, 7) is 4.49. The summed E-state index contributed by atoms with van der Waals surface area (Å²) in [7, 11) is 0. The number of hydrogen-bond donors (Lipinski definition) is 0. The van der Waals surface area contributed by atoms with Crippen molar-refractivity contribution in [1.29, 1.82) is 0 Å². The van der Waals surface area contributed by atoms with Crippen LogP contribution in [0.2, 0.25) is 0 Å². The van der Waals surface area contributed by atoms with E-state index in [0.29, 0.717) is 18.2 Å². The molecule has 0 aliphatic heterocycles. The average molecular weight is 682 g/mol. The Bertz CT molecular complexity index is 3110. The Kier molecular flexibility index (Phi) is 7.29. The number of aliphatic imine (C=N–C) groups is 3. The highest BCUT2D eigenvalue weighted by Gasteiger charge is 2.22. The summed E-state index contributed by atoms with van der Waals surface area (Å²) in [4.78, 5) is 14.9. The number of nitrogens with zero attached hydrogens (tertiary/aromatic N) is 3. The lowest BCUT2D eigenvalue weighted by atomic mass is 9.95. The Morgan fingerprint density at radius 3 is 2.00 bits per heavy atom. The molecule has 0 saturated heterocycles. The van der Waals surface area contributed by atoms with Gasteiger partial charge in [0.25, 0.3) is 0 Å². The largest absolute Gasteiger partial charge is 0.456 e. The van der Waals surface area contributed by atoms with Crippen LogP contribution >= 0.6 is 0 Å². The first-order valence-corrected chi connectivity index (χ1v) is 17.6. The molecule has 0 bridgehead atoms. The molecular weight excluding hydrogens is 651 g/mol. The Morgan fingerprint density at radius 1 is 0.491 bits per heavy atom. The van der Waals surface area contributed by atoms with Gasteiger partial charge in [-0.15, -0.1) is 0 Å². The topological polar surface area (TPSA) is 63.4 Å². The molecule has 2 aromatic heterocycles. The van der Waals surface area contributed by atoms with Crippen molar-refractivity contribution in [3.63, 3.8) is 0 Å². The van der Waals surface area contributed by atoms with Crippen molar-refractivity contribution in [2.45, 2.75) is 6.54 Å². The summed E-state index contributed by atoms with van der Waals surface area (Å²) < 4.78 is 13.0. The molecule has 0 spiro atoms. The predicted molar refractivity (Wildman–Crippen MR) is 221 cm³/mol. The van der Waals surface area contributed by atoms with Crippen molar-refractivity contribution in [3.05, 3.63) is 180 Å². The van der Waals surface area contributed by atoms with E-state index in [1.54, 1.807) is 0 Å². The van der Waals surface area contributed by atoms with Crippen LogP contribution in [0.4, 0.5) is 0 Å². The van der Waals surface area contributed by atoms with Crippen LogP contribution in [-0.4, -0.2) is 18.4 Å². The molecule has 2 heterocycles. The lowest BCUT2D eigenvalue weighted by Gasteiger charge is -2.11. The minimum atomic E-state index is 0.463. The first-order valence-electron chi connectivity index (χ1n) is 17.6. The number of rotatable bonds is 5. The van der Waals surface area contributed by atoms with E-state index in [4.69, 9.17) is 18.8 Å². The molecule has 0 amide bonds. The van der Waals surface area contributed by atoms with Gasteiger partial charge in [-0.05, 0) is 75.8 Å². The highest BCUT2D eigenvalue weighted by molar-refractivity contribution is 6.25. The fourth-order valence-corrected chi connectivity index (χ4v) is 7.60. The van der Waals surface area contributed by atoms with Crippen molar-refractivity contribution in [2.24, 2.45) is 15.0 Å². The van der Waals surface area contributed by atoms with E-state index < -0.39 is 0 Å². The van der Waals surface area contributed by atoms with Gasteiger partial charge in [0.15, 0.2) is 11.7 Å². The molecule has 53 heavy (non-hydrogen) atoms. The second-order valence-electron chi connectivity index (χ2n) is 13.2. The molecule has 250 valence electrons. The van der Waals surface area contributed by atoms with Crippen molar-refractivity contribution in [2.75, 3.05) is 0 Å². The lowest BCUT2D eigenvalue weighted by molar-refractivity contribution is 0.668. The third-order valence-electron chi connectivity index (χ3n) is 10.1. The van der Waals surface area contributed by atoms with Crippen LogP contribution in [0.5, 0.6) is 0 Å². The molecule has 0 saturated carbocycles. The molecule has 0 N–H and O–H groups in total. The third-order valence-corrected chi connectivity index (χ3v) is 10.1. The quantitative estimate of drug-likeness (QED) is 0.103. The number of furan rings is 2. The van der Waals surface area contributed by atoms with E-state index >= 15 is 0 Å². The zero-order valence-electron chi connectivity index (χ0n) is 28.7. The smallest absolute Gasteiger partial charge is 0.161 e. The van der Waals surface area contributed by atoms with Crippen molar-refractivity contribution < 1.29 is 8.83 Å². The molecule has 0 unspecified atom stereocenters. The van der Waals surface area contributed by atoms with Gasteiger partial charge in [-0.25, -0.2) is 9.98 Å². The van der Waals surface area contributed by atoms with E-state index in [1.807, 2.05) is 66.7 Å². The predicted octanol–water partition coefficient (Wildman–Crippen LogP) is 12.6. The van der Waals surface area contributed by atoms with E-state index in [0.717, 1.165) is 77.1 Å². The van der Waals surface area contributed by atoms with Crippen molar-refractivity contribution in [3.8, 4) is 11.1 Å². The van der Waals surface area contributed by atoms with Gasteiger partial charge in [0.05, 0.1) is 6.54 Å². The van der Waals surface area contributed by atoms with Crippen LogP contribution in [0.25, 0.3) is 76.5 Å². The summed E-state index contributed by atoms with van der Waals surface area (Å²) in [6.07, 6.45) is 0. The summed E-state index contributed by atoms with van der Waals surface area (Å²) in [6, 6.07) is 56.1. The monoisotopic (exact) mass is 681 g/mol. The lowest BCUT2D eigenvalue weighted by Crippen LogP contribution is -2.06. The normalized spacial score (nSPS) is 12.5. The van der Waals surface area contributed by atoms with Crippen molar-refractivity contribution >= 4 is 83.8 Å². The average Bonchev–Trinajstić information content (AvgIpc) is 3.80. The maximum atomic E-state index is 6.71. The van der Waals surface area contributed by atoms with Crippen LogP contribution in [0.15, 0.2) is 188 Å². The fraction of sp³-hybridized carbons (Fsp3) is 0.0208. The van der Waals surface area contributed by atoms with E-state index in [-0.39, 0.29) is 0 Å². The molecule has 5 nitrogen and oxygen atoms in total. The molecule has 0 fully saturated rings. The van der Waals surface area contributed by atoms with Crippen LogP contribution in [0, 0.1) is 0 Å². The first kappa shape index (κ1) is 30.7. The molecule has 8 aromatic carbocycles. The minimum Gasteiger partial charge on any atom is -0.456 e. The van der Waals surface area contributed by atoms with Crippen LogP contribution in [0.1, 0.15) is 16.7 Å². The first-order chi connectivity index (χ1) is 26.2. The molecule has 10 aromatic rings. The molecule has 0 atom stereocenters. The van der Waals surface area contributed by atoms with Crippen LogP contribution in [-0.2, 0) is 6.54 Å².